The number of nitrogens with two attached hydrogens (primary N) is 1. The first-order valence-corrected chi connectivity index (χ1v) is 9.43. The third-order valence-electron chi connectivity index (χ3n) is 5.76. The molecule has 4 atom stereocenters. The molecule has 1 amide bonds. The topological polar surface area (TPSA) is 58.8 Å². The van der Waals surface area contributed by atoms with Crippen LogP contribution in [0.1, 0.15) is 46.0 Å². The molecule has 2 aliphatic heterocycles. The zero-order chi connectivity index (χ0) is 16.4. The number of halogens is 2. The smallest absolute Gasteiger partial charge is 0.225 e. The van der Waals surface area contributed by atoms with E-state index in [1.807, 2.05) is 0 Å². The summed E-state index contributed by atoms with van der Waals surface area (Å²) in [5.41, 5.74) is 5.95. The van der Waals surface area contributed by atoms with Crippen LogP contribution in [0, 0.1) is 11.8 Å². The Morgan fingerprint density at radius 2 is 1.64 bits per heavy atom. The molecule has 0 aromatic rings. The Hall–Kier alpha value is -0.0700. The van der Waals surface area contributed by atoms with Crippen LogP contribution in [0.2, 0.25) is 0 Å². The molecule has 0 aromatic heterocycles. The number of morpholine rings is 1. The SMILES string of the molecule is CC1CN(CC2CCN(C(=O)C3CCC(N)C3)CC2)CC(C)O1.Cl.Cl. The van der Waals surface area contributed by atoms with Crippen molar-refractivity contribution in [1.82, 2.24) is 9.80 Å². The molecule has 5 nitrogen and oxygen atoms in total. The maximum atomic E-state index is 12.6. The van der Waals surface area contributed by atoms with Crippen molar-refractivity contribution in [3.8, 4) is 0 Å². The Bertz CT molecular complexity index is 409. The fourth-order valence-electron chi connectivity index (χ4n) is 4.63. The third-order valence-corrected chi connectivity index (χ3v) is 5.76. The number of carbonyl (C=O) groups excluding carboxylic acids is 1. The van der Waals surface area contributed by atoms with Crippen molar-refractivity contribution in [2.24, 2.45) is 17.6 Å². The standard InChI is InChI=1S/C18H33N3O2.2ClH/c1-13-10-20(11-14(2)23-13)12-15-5-7-21(8-6-15)18(22)16-3-4-17(19)9-16;;/h13-17H,3-12,19H2,1-2H3;2*1H. The van der Waals surface area contributed by atoms with Crippen LogP contribution >= 0.6 is 24.8 Å². The van der Waals surface area contributed by atoms with E-state index in [0.29, 0.717) is 18.1 Å². The first kappa shape index (κ1) is 23.0. The van der Waals surface area contributed by atoms with Gasteiger partial charge in [0.1, 0.15) is 0 Å². The Kier molecular flexibility index (Phi) is 9.47. The molecule has 25 heavy (non-hydrogen) atoms. The fourth-order valence-corrected chi connectivity index (χ4v) is 4.63. The number of nitrogens with zero attached hydrogens (tertiary/aromatic N) is 2. The van der Waals surface area contributed by atoms with Gasteiger partial charge >= 0.3 is 0 Å². The van der Waals surface area contributed by atoms with E-state index in [-0.39, 0.29) is 36.8 Å². The molecular weight excluding hydrogens is 361 g/mol. The second-order valence-electron chi connectivity index (χ2n) is 8.01. The summed E-state index contributed by atoms with van der Waals surface area (Å²) >= 11 is 0. The highest BCUT2D eigenvalue weighted by Crippen LogP contribution is 2.28. The molecule has 3 aliphatic rings. The molecule has 4 unspecified atom stereocenters. The molecule has 148 valence electrons. The van der Waals surface area contributed by atoms with E-state index in [1.165, 1.54) is 0 Å². The molecule has 1 aliphatic carbocycles. The number of hydrogen-bond acceptors (Lipinski definition) is 4. The van der Waals surface area contributed by atoms with Gasteiger partial charge in [0.05, 0.1) is 12.2 Å². The quantitative estimate of drug-likeness (QED) is 0.796. The normalized spacial score (nSPS) is 34.3. The molecule has 2 N–H and O–H groups in total. The second-order valence-corrected chi connectivity index (χ2v) is 8.01. The summed E-state index contributed by atoms with van der Waals surface area (Å²) in [6.07, 6.45) is 5.86. The monoisotopic (exact) mass is 395 g/mol. The predicted octanol–water partition coefficient (Wildman–Crippen LogP) is 2.31. The fraction of sp³-hybridized carbons (Fsp3) is 0.944. The van der Waals surface area contributed by atoms with Gasteiger partial charge in [-0.05, 0) is 51.9 Å². The van der Waals surface area contributed by atoms with Gasteiger partial charge in [-0.1, -0.05) is 0 Å². The van der Waals surface area contributed by atoms with E-state index in [2.05, 4.69) is 23.6 Å². The van der Waals surface area contributed by atoms with E-state index < -0.39 is 0 Å². The van der Waals surface area contributed by atoms with Crippen LogP contribution in [-0.2, 0) is 9.53 Å². The number of amides is 1. The van der Waals surface area contributed by atoms with E-state index >= 15 is 0 Å². The minimum Gasteiger partial charge on any atom is -0.373 e. The van der Waals surface area contributed by atoms with Gasteiger partial charge in [-0.2, -0.15) is 0 Å². The summed E-state index contributed by atoms with van der Waals surface area (Å²) in [6.45, 7) is 9.45. The summed E-state index contributed by atoms with van der Waals surface area (Å²) in [4.78, 5) is 17.2. The number of carbonyl (C=O) groups is 1. The van der Waals surface area contributed by atoms with Crippen LogP contribution in [0.4, 0.5) is 0 Å². The number of hydrogen-bond donors (Lipinski definition) is 1. The van der Waals surface area contributed by atoms with Gasteiger partial charge in [0.2, 0.25) is 5.91 Å². The molecule has 2 saturated heterocycles. The van der Waals surface area contributed by atoms with Gasteiger partial charge in [-0.15, -0.1) is 24.8 Å². The average Bonchev–Trinajstić information content (AvgIpc) is 2.93. The molecule has 0 bridgehead atoms. The Morgan fingerprint density at radius 3 is 2.16 bits per heavy atom. The summed E-state index contributed by atoms with van der Waals surface area (Å²) in [5, 5.41) is 0. The van der Waals surface area contributed by atoms with E-state index in [9.17, 15) is 4.79 Å². The zero-order valence-corrected chi connectivity index (χ0v) is 17.2. The van der Waals surface area contributed by atoms with Crippen LogP contribution in [0.25, 0.3) is 0 Å². The van der Waals surface area contributed by atoms with Gasteiger partial charge < -0.3 is 15.4 Å². The van der Waals surface area contributed by atoms with Crippen LogP contribution < -0.4 is 5.73 Å². The highest BCUT2D eigenvalue weighted by molar-refractivity contribution is 5.85. The van der Waals surface area contributed by atoms with Gasteiger partial charge in [-0.3, -0.25) is 9.69 Å². The van der Waals surface area contributed by atoms with Crippen molar-refractivity contribution in [2.75, 3.05) is 32.7 Å². The van der Waals surface area contributed by atoms with Gasteiger partial charge in [0, 0.05) is 44.7 Å². The number of ether oxygens (including phenoxy) is 1. The van der Waals surface area contributed by atoms with E-state index in [4.69, 9.17) is 10.5 Å². The highest BCUT2D eigenvalue weighted by atomic mass is 35.5. The van der Waals surface area contributed by atoms with Crippen LogP contribution in [0.5, 0.6) is 0 Å². The first-order chi connectivity index (χ1) is 11.0. The average molecular weight is 396 g/mol. The van der Waals surface area contributed by atoms with E-state index in [1.54, 1.807) is 0 Å². The minimum absolute atomic E-state index is 0. The Morgan fingerprint density at radius 1 is 1.04 bits per heavy atom. The lowest BCUT2D eigenvalue weighted by Crippen LogP contribution is -2.49. The summed E-state index contributed by atoms with van der Waals surface area (Å²) in [5.74, 6) is 1.29. The van der Waals surface area contributed by atoms with Crippen molar-refractivity contribution in [3.05, 3.63) is 0 Å². The maximum absolute atomic E-state index is 12.6. The second kappa shape index (κ2) is 10.3. The lowest BCUT2D eigenvalue weighted by atomic mass is 9.94. The summed E-state index contributed by atoms with van der Waals surface area (Å²) in [6, 6.07) is 0.242. The number of piperidine rings is 1. The van der Waals surface area contributed by atoms with Crippen molar-refractivity contribution >= 4 is 30.7 Å². The largest absolute Gasteiger partial charge is 0.373 e. The number of likely N-dealkylation sites (tertiary alicyclic amines) is 1. The van der Waals surface area contributed by atoms with Crippen molar-refractivity contribution < 1.29 is 9.53 Å². The van der Waals surface area contributed by atoms with Crippen molar-refractivity contribution in [2.45, 2.75) is 64.2 Å². The van der Waals surface area contributed by atoms with Crippen LogP contribution in [-0.4, -0.2) is 66.7 Å². The highest BCUT2D eigenvalue weighted by Gasteiger charge is 2.33. The minimum atomic E-state index is 0. The van der Waals surface area contributed by atoms with Gasteiger partial charge in [0.15, 0.2) is 0 Å². The molecular formula is C18H35Cl2N3O2. The molecule has 2 heterocycles. The zero-order valence-electron chi connectivity index (χ0n) is 15.6. The van der Waals surface area contributed by atoms with Crippen LogP contribution in [0.15, 0.2) is 0 Å². The first-order valence-electron chi connectivity index (χ1n) is 9.43. The molecule has 0 spiro atoms. The molecule has 3 fully saturated rings. The van der Waals surface area contributed by atoms with Crippen molar-refractivity contribution in [1.29, 1.82) is 0 Å². The number of rotatable bonds is 3. The maximum Gasteiger partial charge on any atom is 0.225 e. The lowest BCUT2D eigenvalue weighted by molar-refractivity contribution is -0.137. The predicted molar refractivity (Wildman–Crippen MR) is 106 cm³/mol. The molecule has 3 rings (SSSR count). The third kappa shape index (κ3) is 6.24. The molecule has 0 aromatic carbocycles. The lowest BCUT2D eigenvalue weighted by Gasteiger charge is -2.40. The molecule has 7 heteroatoms. The molecule has 1 saturated carbocycles. The Balaban J connectivity index is 0.00000156. The van der Waals surface area contributed by atoms with Crippen molar-refractivity contribution in [3.63, 3.8) is 0 Å². The summed E-state index contributed by atoms with van der Waals surface area (Å²) in [7, 11) is 0. The summed E-state index contributed by atoms with van der Waals surface area (Å²) < 4.78 is 5.81. The van der Waals surface area contributed by atoms with E-state index in [0.717, 1.165) is 70.7 Å². The Labute approximate surface area is 164 Å². The molecule has 0 radical (unpaired) electrons. The van der Waals surface area contributed by atoms with Crippen LogP contribution in [0.3, 0.4) is 0 Å². The van der Waals surface area contributed by atoms with Gasteiger partial charge in [-0.25, -0.2) is 0 Å². The van der Waals surface area contributed by atoms with Gasteiger partial charge in [0.25, 0.3) is 0 Å².